The highest BCUT2D eigenvalue weighted by atomic mass is 31.0. The van der Waals surface area contributed by atoms with Crippen LogP contribution in [0.1, 0.15) is 70.6 Å². The maximum absolute atomic E-state index is 14.2. The Morgan fingerprint density at radius 3 is 1.54 bits per heavy atom. The molecule has 0 aliphatic rings. The first kappa shape index (κ1) is 29.0. The van der Waals surface area contributed by atoms with E-state index in [2.05, 4.69) is 96.2 Å². The predicted octanol–water partition coefficient (Wildman–Crippen LogP) is 6.41. The summed E-state index contributed by atoms with van der Waals surface area (Å²) in [5.74, 6) is -0.217. The number of carbonyl (C=O) groups is 1. The molecule has 0 fully saturated rings. The summed E-state index contributed by atoms with van der Waals surface area (Å²) < 4.78 is 6.06. The number of rotatable bonds is 13. The van der Waals surface area contributed by atoms with Gasteiger partial charge >= 0.3 is 0 Å². The van der Waals surface area contributed by atoms with Gasteiger partial charge in [-0.25, -0.2) is 5.43 Å². The van der Waals surface area contributed by atoms with Crippen molar-refractivity contribution in [2.24, 2.45) is 0 Å². The average Bonchev–Trinajstić information content (AvgIpc) is 2.92. The molecule has 0 saturated carbocycles. The van der Waals surface area contributed by atoms with Crippen molar-refractivity contribution in [1.29, 1.82) is 0 Å². The van der Waals surface area contributed by atoms with Crippen LogP contribution >= 0.6 is 9.47 Å². The van der Waals surface area contributed by atoms with Gasteiger partial charge in [0.25, 0.3) is 5.91 Å². The molecular weight excluding hydrogens is 477 g/mol. The third-order valence-electron chi connectivity index (χ3n) is 6.93. The Morgan fingerprint density at radius 1 is 0.811 bits per heavy atom. The number of amides is 1. The molecule has 37 heavy (non-hydrogen) atoms. The molecule has 3 rings (SSSR count). The van der Waals surface area contributed by atoms with E-state index in [4.69, 9.17) is 4.52 Å². The summed E-state index contributed by atoms with van der Waals surface area (Å²) in [7, 11) is 2.37. The van der Waals surface area contributed by atoms with E-state index in [0.29, 0.717) is 6.42 Å². The van der Waals surface area contributed by atoms with Crippen molar-refractivity contribution in [3.8, 4) is 0 Å². The number of hydrogen-bond donors (Lipinski definition) is 2. The van der Waals surface area contributed by atoms with E-state index in [1.54, 1.807) is 0 Å². The molecular formula is C31H42N3O2P. The van der Waals surface area contributed by atoms with Crippen molar-refractivity contribution in [2.45, 2.75) is 77.2 Å². The molecule has 2 atom stereocenters. The normalized spacial score (nSPS) is 13.6. The standard InChI is InChI=1S/C31H42N3O2P/c1-6-7-23-30(36-37,34(24(2)3)25(4)5)29(35)32-33-31(26-17-11-8-12-18-26,27-19-13-9-14-20-27)28-21-15-10-16-22-28/h8-22,24-25,33H,6-7,23,37H2,1-5H3,(H,32,35). The van der Waals surface area contributed by atoms with Gasteiger partial charge in [0.2, 0.25) is 5.72 Å². The van der Waals surface area contributed by atoms with Crippen molar-refractivity contribution in [2.75, 3.05) is 0 Å². The molecule has 0 heterocycles. The maximum Gasteiger partial charge on any atom is 0.282 e. The lowest BCUT2D eigenvalue weighted by Crippen LogP contribution is -2.67. The van der Waals surface area contributed by atoms with Crippen LogP contribution in [0.2, 0.25) is 0 Å². The molecule has 3 aromatic rings. The van der Waals surface area contributed by atoms with Crippen molar-refractivity contribution in [3.63, 3.8) is 0 Å². The first-order chi connectivity index (χ1) is 17.8. The summed E-state index contributed by atoms with van der Waals surface area (Å²) in [5, 5.41) is 0. The summed E-state index contributed by atoms with van der Waals surface area (Å²) in [6.07, 6.45) is 2.40. The van der Waals surface area contributed by atoms with E-state index in [0.717, 1.165) is 29.5 Å². The lowest BCUT2D eigenvalue weighted by Gasteiger charge is -2.47. The Balaban J connectivity index is 2.14. The molecule has 198 valence electrons. The fraction of sp³-hybridized carbons (Fsp3) is 0.387. The summed E-state index contributed by atoms with van der Waals surface area (Å²) in [6.45, 7) is 10.5. The SMILES string of the molecule is CCCCC(OP)(C(=O)NNC(c1ccccc1)(c1ccccc1)c1ccccc1)N(C(C)C)C(C)C. The molecule has 5 nitrogen and oxygen atoms in total. The molecule has 0 aliphatic carbocycles. The lowest BCUT2D eigenvalue weighted by atomic mass is 9.77. The zero-order valence-corrected chi connectivity index (χ0v) is 23.9. The van der Waals surface area contributed by atoms with Crippen molar-refractivity contribution >= 4 is 15.4 Å². The van der Waals surface area contributed by atoms with E-state index < -0.39 is 11.3 Å². The van der Waals surface area contributed by atoms with Crippen molar-refractivity contribution in [3.05, 3.63) is 108 Å². The Labute approximate surface area is 225 Å². The monoisotopic (exact) mass is 519 g/mol. The summed E-state index contributed by atoms with van der Waals surface area (Å²) in [5.41, 5.74) is 7.74. The van der Waals surface area contributed by atoms with E-state index in [1.165, 1.54) is 0 Å². The van der Waals surface area contributed by atoms with E-state index >= 15 is 0 Å². The second-order valence-electron chi connectivity index (χ2n) is 10.0. The van der Waals surface area contributed by atoms with E-state index in [-0.39, 0.29) is 18.0 Å². The van der Waals surface area contributed by atoms with Crippen LogP contribution in [0.15, 0.2) is 91.0 Å². The third kappa shape index (κ3) is 6.13. The minimum Gasteiger partial charge on any atom is -0.335 e. The Hall–Kier alpha value is -2.56. The second kappa shape index (κ2) is 13.3. The molecule has 0 aromatic heterocycles. The smallest absolute Gasteiger partial charge is 0.282 e. The van der Waals surface area contributed by atoms with E-state index in [9.17, 15) is 4.79 Å². The molecule has 0 radical (unpaired) electrons. The zero-order valence-electron chi connectivity index (χ0n) is 22.8. The van der Waals surface area contributed by atoms with Gasteiger partial charge in [0.05, 0.1) is 0 Å². The lowest BCUT2D eigenvalue weighted by molar-refractivity contribution is -0.167. The van der Waals surface area contributed by atoms with E-state index in [1.807, 2.05) is 54.6 Å². The number of carbonyl (C=O) groups excluding carboxylic acids is 1. The highest BCUT2D eigenvalue weighted by Gasteiger charge is 2.48. The molecule has 6 heteroatoms. The van der Waals surface area contributed by atoms with Gasteiger partial charge in [-0.1, -0.05) is 104 Å². The van der Waals surface area contributed by atoms with Gasteiger partial charge in [0.15, 0.2) is 0 Å². The first-order valence-corrected chi connectivity index (χ1v) is 13.7. The van der Waals surface area contributed by atoms with Gasteiger partial charge in [-0.2, -0.15) is 0 Å². The second-order valence-corrected chi connectivity index (χ2v) is 10.3. The topological polar surface area (TPSA) is 53.6 Å². The highest BCUT2D eigenvalue weighted by molar-refractivity contribution is 7.10. The van der Waals surface area contributed by atoms with Gasteiger partial charge in [-0.05, 0) is 57.2 Å². The number of nitrogens with zero attached hydrogens (tertiary/aromatic N) is 1. The van der Waals surface area contributed by atoms with Crippen LogP contribution in [0.4, 0.5) is 0 Å². The predicted molar refractivity (Wildman–Crippen MR) is 156 cm³/mol. The Kier molecular flexibility index (Phi) is 10.4. The largest absolute Gasteiger partial charge is 0.335 e. The van der Waals surface area contributed by atoms with Gasteiger partial charge in [-0.15, -0.1) is 0 Å². The first-order valence-electron chi connectivity index (χ1n) is 13.2. The molecule has 0 bridgehead atoms. The molecule has 0 aliphatic heterocycles. The maximum atomic E-state index is 14.2. The summed E-state index contributed by atoms with van der Waals surface area (Å²) in [4.78, 5) is 16.4. The number of benzene rings is 3. The average molecular weight is 520 g/mol. The van der Waals surface area contributed by atoms with Crippen LogP contribution in [0.5, 0.6) is 0 Å². The van der Waals surface area contributed by atoms with Gasteiger partial charge in [0.1, 0.15) is 5.54 Å². The Morgan fingerprint density at radius 2 is 1.22 bits per heavy atom. The van der Waals surface area contributed by atoms with Crippen LogP contribution in [0.3, 0.4) is 0 Å². The molecule has 3 aromatic carbocycles. The molecule has 0 saturated heterocycles. The van der Waals surface area contributed by atoms with Crippen LogP contribution in [-0.4, -0.2) is 28.6 Å². The van der Waals surface area contributed by atoms with Crippen LogP contribution in [0, 0.1) is 0 Å². The van der Waals surface area contributed by atoms with Crippen LogP contribution < -0.4 is 10.9 Å². The van der Waals surface area contributed by atoms with Crippen molar-refractivity contribution < 1.29 is 9.32 Å². The number of unbranched alkanes of at least 4 members (excludes halogenated alkanes) is 1. The van der Waals surface area contributed by atoms with Gasteiger partial charge in [0, 0.05) is 21.6 Å². The molecule has 2 N–H and O–H groups in total. The van der Waals surface area contributed by atoms with Crippen LogP contribution in [-0.2, 0) is 14.9 Å². The molecule has 2 unspecified atom stereocenters. The quantitative estimate of drug-likeness (QED) is 0.119. The molecule has 1 amide bonds. The summed E-state index contributed by atoms with van der Waals surface area (Å²) in [6, 6.07) is 30.9. The van der Waals surface area contributed by atoms with Crippen LogP contribution in [0.25, 0.3) is 0 Å². The number of hydrogen-bond acceptors (Lipinski definition) is 4. The zero-order chi connectivity index (χ0) is 26.9. The fourth-order valence-electron chi connectivity index (χ4n) is 5.41. The number of nitrogens with one attached hydrogen (secondary N) is 2. The highest BCUT2D eigenvalue weighted by Crippen LogP contribution is 2.37. The van der Waals surface area contributed by atoms with Gasteiger partial charge < -0.3 is 4.52 Å². The third-order valence-corrected chi connectivity index (χ3v) is 7.32. The fourth-order valence-corrected chi connectivity index (χ4v) is 5.76. The molecule has 0 spiro atoms. The minimum absolute atomic E-state index is 0.102. The van der Waals surface area contributed by atoms with Crippen molar-refractivity contribution in [1.82, 2.24) is 15.8 Å². The Bertz CT molecular complexity index is 989. The summed E-state index contributed by atoms with van der Waals surface area (Å²) >= 11 is 0. The number of hydrazine groups is 1. The van der Waals surface area contributed by atoms with Gasteiger partial charge in [-0.3, -0.25) is 15.1 Å². The minimum atomic E-state index is -1.15.